The van der Waals surface area contributed by atoms with Crippen molar-refractivity contribution in [3.63, 3.8) is 0 Å². The zero-order chi connectivity index (χ0) is 18.8. The van der Waals surface area contributed by atoms with Gasteiger partial charge in [-0.15, -0.1) is 0 Å². The van der Waals surface area contributed by atoms with E-state index < -0.39 is 0 Å². The Bertz CT molecular complexity index is 706. The maximum atomic E-state index is 13.0. The number of hydrogen-bond donors (Lipinski definition) is 1. The number of anilines is 1. The molecule has 2 heterocycles. The minimum absolute atomic E-state index is 0.221. The standard InChI is InChI=1S/C21H30N4O2/c22-20(26)8-9-23-10-12-24(13-11-23)18-7-6-16-15-25(21(27)19(16)14-18)17-4-2-1-3-5-17/h6-7,14,17H,1-5,8-13,15H2,(H2,22,26). The minimum atomic E-state index is -0.239. The van der Waals surface area contributed by atoms with E-state index in [9.17, 15) is 9.59 Å². The number of benzene rings is 1. The van der Waals surface area contributed by atoms with Crippen molar-refractivity contribution in [2.75, 3.05) is 37.6 Å². The molecule has 1 saturated heterocycles. The van der Waals surface area contributed by atoms with Crippen molar-refractivity contribution in [1.82, 2.24) is 9.80 Å². The number of piperazine rings is 1. The second-order valence-electron chi connectivity index (χ2n) is 8.11. The summed E-state index contributed by atoms with van der Waals surface area (Å²) in [7, 11) is 0. The summed E-state index contributed by atoms with van der Waals surface area (Å²) >= 11 is 0. The van der Waals surface area contributed by atoms with Crippen molar-refractivity contribution in [3.8, 4) is 0 Å². The molecule has 1 aromatic carbocycles. The van der Waals surface area contributed by atoms with E-state index in [0.29, 0.717) is 12.5 Å². The van der Waals surface area contributed by atoms with Gasteiger partial charge in [-0.2, -0.15) is 0 Å². The van der Waals surface area contributed by atoms with Crippen LogP contribution in [0.3, 0.4) is 0 Å². The van der Waals surface area contributed by atoms with E-state index in [1.165, 1.54) is 24.8 Å². The summed E-state index contributed by atoms with van der Waals surface area (Å²) in [5.74, 6) is -0.0177. The summed E-state index contributed by atoms with van der Waals surface area (Å²) in [5.41, 5.74) is 8.46. The highest BCUT2D eigenvalue weighted by molar-refractivity contribution is 5.99. The second-order valence-corrected chi connectivity index (χ2v) is 8.11. The highest BCUT2D eigenvalue weighted by Crippen LogP contribution is 2.33. The van der Waals surface area contributed by atoms with Crippen molar-refractivity contribution < 1.29 is 9.59 Å². The summed E-state index contributed by atoms with van der Waals surface area (Å²) in [5, 5.41) is 0. The molecule has 146 valence electrons. The lowest BCUT2D eigenvalue weighted by Crippen LogP contribution is -2.47. The minimum Gasteiger partial charge on any atom is -0.370 e. The molecule has 2 fully saturated rings. The van der Waals surface area contributed by atoms with E-state index in [-0.39, 0.29) is 11.8 Å². The lowest BCUT2D eigenvalue weighted by atomic mass is 9.94. The third-order valence-corrected chi connectivity index (χ3v) is 6.35. The van der Waals surface area contributed by atoms with Gasteiger partial charge >= 0.3 is 0 Å². The molecule has 0 unspecified atom stereocenters. The van der Waals surface area contributed by atoms with Crippen LogP contribution in [0.5, 0.6) is 0 Å². The van der Waals surface area contributed by atoms with Crippen molar-refractivity contribution in [1.29, 1.82) is 0 Å². The van der Waals surface area contributed by atoms with Crippen LogP contribution in [-0.2, 0) is 11.3 Å². The van der Waals surface area contributed by atoms with Crippen LogP contribution in [0.25, 0.3) is 0 Å². The van der Waals surface area contributed by atoms with Gasteiger partial charge in [-0.05, 0) is 30.5 Å². The largest absolute Gasteiger partial charge is 0.370 e. The van der Waals surface area contributed by atoms with Gasteiger partial charge in [0, 0.05) is 63.0 Å². The van der Waals surface area contributed by atoms with Crippen LogP contribution in [0.2, 0.25) is 0 Å². The van der Waals surface area contributed by atoms with Gasteiger partial charge in [-0.3, -0.25) is 14.5 Å². The molecule has 0 spiro atoms. The van der Waals surface area contributed by atoms with E-state index >= 15 is 0 Å². The number of hydrogen-bond acceptors (Lipinski definition) is 4. The molecule has 1 aliphatic carbocycles. The monoisotopic (exact) mass is 370 g/mol. The van der Waals surface area contributed by atoms with Gasteiger partial charge < -0.3 is 15.5 Å². The molecule has 1 aromatic rings. The van der Waals surface area contributed by atoms with Crippen LogP contribution in [0.15, 0.2) is 18.2 Å². The van der Waals surface area contributed by atoms with Gasteiger partial charge in [-0.25, -0.2) is 0 Å². The average molecular weight is 370 g/mol. The number of carbonyl (C=O) groups excluding carboxylic acids is 2. The molecular weight excluding hydrogens is 340 g/mol. The first-order valence-electron chi connectivity index (χ1n) is 10.3. The number of nitrogens with zero attached hydrogens (tertiary/aromatic N) is 3. The number of carbonyl (C=O) groups is 2. The predicted molar refractivity (Wildman–Crippen MR) is 106 cm³/mol. The van der Waals surface area contributed by atoms with Crippen LogP contribution in [0.4, 0.5) is 5.69 Å². The van der Waals surface area contributed by atoms with Gasteiger partial charge in [0.2, 0.25) is 5.91 Å². The number of primary amides is 1. The molecule has 0 aromatic heterocycles. The van der Waals surface area contributed by atoms with Crippen LogP contribution in [0, 0.1) is 0 Å². The molecule has 1 saturated carbocycles. The Hall–Kier alpha value is -2.08. The zero-order valence-corrected chi connectivity index (χ0v) is 16.0. The van der Waals surface area contributed by atoms with Crippen molar-refractivity contribution >= 4 is 17.5 Å². The molecule has 0 bridgehead atoms. The Morgan fingerprint density at radius 1 is 1.07 bits per heavy atom. The number of amides is 2. The average Bonchev–Trinajstić information content (AvgIpc) is 3.03. The molecule has 0 radical (unpaired) electrons. The molecule has 6 heteroatoms. The van der Waals surface area contributed by atoms with Crippen molar-refractivity contribution in [2.45, 2.75) is 51.1 Å². The van der Waals surface area contributed by atoms with Gasteiger partial charge in [0.25, 0.3) is 5.91 Å². The Morgan fingerprint density at radius 3 is 2.52 bits per heavy atom. The predicted octanol–water partition coefficient (Wildman–Crippen LogP) is 1.97. The molecule has 4 rings (SSSR count). The molecular formula is C21H30N4O2. The van der Waals surface area contributed by atoms with Gasteiger partial charge in [0.15, 0.2) is 0 Å². The smallest absolute Gasteiger partial charge is 0.254 e. The summed E-state index contributed by atoms with van der Waals surface area (Å²) in [6, 6.07) is 6.83. The number of fused-ring (bicyclic) bond motifs is 1. The lowest BCUT2D eigenvalue weighted by Gasteiger charge is -2.36. The van der Waals surface area contributed by atoms with Crippen molar-refractivity contribution in [3.05, 3.63) is 29.3 Å². The first-order chi connectivity index (χ1) is 13.1. The summed E-state index contributed by atoms with van der Waals surface area (Å²) in [4.78, 5) is 30.7. The summed E-state index contributed by atoms with van der Waals surface area (Å²) in [6.07, 6.45) is 6.53. The molecule has 27 heavy (non-hydrogen) atoms. The first-order valence-corrected chi connectivity index (χ1v) is 10.3. The van der Waals surface area contributed by atoms with Crippen molar-refractivity contribution in [2.24, 2.45) is 5.73 Å². The highest BCUT2D eigenvalue weighted by Gasteiger charge is 2.33. The van der Waals surface area contributed by atoms with E-state index in [0.717, 1.165) is 63.4 Å². The fourth-order valence-electron chi connectivity index (χ4n) is 4.69. The lowest BCUT2D eigenvalue weighted by molar-refractivity contribution is -0.118. The molecule has 3 aliphatic rings. The molecule has 2 amide bonds. The fraction of sp³-hybridized carbons (Fsp3) is 0.619. The van der Waals surface area contributed by atoms with Gasteiger partial charge in [-0.1, -0.05) is 25.3 Å². The van der Waals surface area contributed by atoms with Crippen LogP contribution < -0.4 is 10.6 Å². The maximum Gasteiger partial charge on any atom is 0.254 e. The van der Waals surface area contributed by atoms with Crippen LogP contribution in [0.1, 0.15) is 54.4 Å². The van der Waals surface area contributed by atoms with E-state index in [2.05, 4.69) is 32.9 Å². The van der Waals surface area contributed by atoms with Crippen LogP contribution >= 0.6 is 0 Å². The quantitative estimate of drug-likeness (QED) is 0.860. The molecule has 2 aliphatic heterocycles. The van der Waals surface area contributed by atoms with E-state index in [1.807, 2.05) is 0 Å². The maximum absolute atomic E-state index is 13.0. The number of nitrogens with two attached hydrogens (primary N) is 1. The Kier molecular flexibility index (Phi) is 5.34. The van der Waals surface area contributed by atoms with Gasteiger partial charge in [0.1, 0.15) is 0 Å². The normalized spacial score (nSPS) is 21.6. The summed E-state index contributed by atoms with van der Waals surface area (Å²) < 4.78 is 0. The Balaban J connectivity index is 1.39. The Labute approximate surface area is 161 Å². The third kappa shape index (κ3) is 3.95. The summed E-state index contributed by atoms with van der Waals surface area (Å²) in [6.45, 7) is 5.19. The molecule has 2 N–H and O–H groups in total. The van der Waals surface area contributed by atoms with Gasteiger partial charge in [0.05, 0.1) is 0 Å². The molecule has 6 nitrogen and oxygen atoms in total. The number of rotatable bonds is 5. The van der Waals surface area contributed by atoms with Crippen LogP contribution in [-0.4, -0.2) is 60.4 Å². The topological polar surface area (TPSA) is 69.9 Å². The zero-order valence-electron chi connectivity index (χ0n) is 16.0. The third-order valence-electron chi connectivity index (χ3n) is 6.35. The first kappa shape index (κ1) is 18.3. The SMILES string of the molecule is NC(=O)CCN1CCN(c2ccc3c(c2)C(=O)N(C2CCCCC2)C3)CC1. The second kappa shape index (κ2) is 7.89. The fourth-order valence-corrected chi connectivity index (χ4v) is 4.69. The highest BCUT2D eigenvalue weighted by atomic mass is 16.2. The molecule has 0 atom stereocenters. The Morgan fingerprint density at radius 2 is 1.81 bits per heavy atom. The van der Waals surface area contributed by atoms with E-state index in [1.54, 1.807) is 0 Å². The van der Waals surface area contributed by atoms with E-state index in [4.69, 9.17) is 5.73 Å².